The van der Waals surface area contributed by atoms with E-state index in [2.05, 4.69) is 10.4 Å². The molecular weight excluding hydrogens is 217 g/mol. The van der Waals surface area contributed by atoms with Crippen LogP contribution in [0.25, 0.3) is 0 Å². The predicted octanol–water partition coefficient (Wildman–Crippen LogP) is 2.52. The molecule has 90 valence electrons. The molecule has 0 atom stereocenters. The highest BCUT2D eigenvalue weighted by molar-refractivity contribution is 5.51. The highest BCUT2D eigenvalue weighted by Gasteiger charge is 2.04. The number of nitrogens with zero attached hydrogens (tertiary/aromatic N) is 2. The fraction of sp³-hybridized carbons (Fsp3) is 0.308. The van der Waals surface area contributed by atoms with Crippen molar-refractivity contribution >= 4 is 5.69 Å². The van der Waals surface area contributed by atoms with Gasteiger partial charge in [0.05, 0.1) is 11.9 Å². The van der Waals surface area contributed by atoms with Gasteiger partial charge in [-0.3, -0.25) is 4.68 Å². The van der Waals surface area contributed by atoms with Crippen LogP contribution in [0, 0.1) is 12.7 Å². The summed E-state index contributed by atoms with van der Waals surface area (Å²) in [7, 11) is 1.89. The molecule has 0 amide bonds. The summed E-state index contributed by atoms with van der Waals surface area (Å²) in [5.41, 5.74) is 2.67. The highest BCUT2D eigenvalue weighted by atomic mass is 19.1. The molecule has 1 heterocycles. The fourth-order valence-electron chi connectivity index (χ4n) is 1.79. The largest absolute Gasteiger partial charge is 0.382 e. The van der Waals surface area contributed by atoms with E-state index in [-0.39, 0.29) is 5.82 Å². The van der Waals surface area contributed by atoms with Gasteiger partial charge in [0, 0.05) is 19.8 Å². The van der Waals surface area contributed by atoms with Crippen molar-refractivity contribution in [1.29, 1.82) is 0 Å². The Balaban J connectivity index is 1.94. The number of aryl methyl sites for hydroxylation is 2. The van der Waals surface area contributed by atoms with Crippen molar-refractivity contribution in [3.63, 3.8) is 0 Å². The van der Waals surface area contributed by atoms with Crippen LogP contribution in [0.4, 0.5) is 10.1 Å². The molecule has 0 unspecified atom stereocenters. The number of aromatic nitrogens is 2. The maximum absolute atomic E-state index is 13.5. The van der Waals surface area contributed by atoms with Crippen LogP contribution >= 0.6 is 0 Å². The van der Waals surface area contributed by atoms with E-state index in [1.54, 1.807) is 10.7 Å². The number of hydrogen-bond donors (Lipinski definition) is 1. The smallest absolute Gasteiger partial charge is 0.146 e. The van der Waals surface area contributed by atoms with Crippen LogP contribution < -0.4 is 5.32 Å². The van der Waals surface area contributed by atoms with Gasteiger partial charge in [-0.1, -0.05) is 12.1 Å². The van der Waals surface area contributed by atoms with Gasteiger partial charge in [-0.15, -0.1) is 0 Å². The second kappa shape index (κ2) is 4.99. The molecule has 3 nitrogen and oxygen atoms in total. The Morgan fingerprint density at radius 2 is 2.24 bits per heavy atom. The number of para-hydroxylation sites is 1. The van der Waals surface area contributed by atoms with E-state index in [4.69, 9.17) is 0 Å². The minimum absolute atomic E-state index is 0.198. The Hall–Kier alpha value is -1.84. The normalized spacial score (nSPS) is 10.5. The van der Waals surface area contributed by atoms with Gasteiger partial charge >= 0.3 is 0 Å². The molecule has 0 bridgehead atoms. The van der Waals surface area contributed by atoms with Crippen molar-refractivity contribution in [2.45, 2.75) is 13.3 Å². The molecule has 0 saturated heterocycles. The summed E-state index contributed by atoms with van der Waals surface area (Å²) in [5.74, 6) is -0.198. The van der Waals surface area contributed by atoms with Crippen LogP contribution in [-0.4, -0.2) is 16.3 Å². The predicted molar refractivity (Wildman–Crippen MR) is 66.5 cm³/mol. The van der Waals surface area contributed by atoms with Crippen LogP contribution in [-0.2, 0) is 13.5 Å². The molecule has 2 aromatic rings. The zero-order chi connectivity index (χ0) is 12.3. The molecule has 1 N–H and O–H groups in total. The van der Waals surface area contributed by atoms with Gasteiger partial charge in [-0.25, -0.2) is 4.39 Å². The topological polar surface area (TPSA) is 29.9 Å². The number of anilines is 1. The summed E-state index contributed by atoms with van der Waals surface area (Å²) in [6.45, 7) is 2.60. The van der Waals surface area contributed by atoms with Crippen LogP contribution in [0.2, 0.25) is 0 Å². The lowest BCUT2D eigenvalue weighted by Crippen LogP contribution is -2.07. The van der Waals surface area contributed by atoms with Gasteiger partial charge in [0.1, 0.15) is 5.82 Å². The van der Waals surface area contributed by atoms with Crippen LogP contribution in [0.3, 0.4) is 0 Å². The second-order valence-electron chi connectivity index (χ2n) is 4.13. The van der Waals surface area contributed by atoms with Gasteiger partial charge < -0.3 is 5.32 Å². The summed E-state index contributed by atoms with van der Waals surface area (Å²) >= 11 is 0. The number of hydrogen-bond acceptors (Lipinski definition) is 2. The number of halogens is 1. The van der Waals surface area contributed by atoms with Crippen molar-refractivity contribution in [3.05, 3.63) is 47.5 Å². The molecular formula is C13H16FN3. The molecule has 0 aliphatic carbocycles. The van der Waals surface area contributed by atoms with Gasteiger partial charge in [-0.2, -0.15) is 5.10 Å². The highest BCUT2D eigenvalue weighted by Crippen LogP contribution is 2.18. The van der Waals surface area contributed by atoms with Gasteiger partial charge in [-0.05, 0) is 30.5 Å². The maximum Gasteiger partial charge on any atom is 0.146 e. The Morgan fingerprint density at radius 1 is 1.41 bits per heavy atom. The molecule has 0 spiro atoms. The first-order chi connectivity index (χ1) is 8.16. The minimum Gasteiger partial charge on any atom is -0.382 e. The van der Waals surface area contributed by atoms with E-state index >= 15 is 0 Å². The minimum atomic E-state index is -0.198. The molecule has 4 heteroatoms. The summed E-state index contributed by atoms with van der Waals surface area (Å²) in [6.07, 6.45) is 4.63. The zero-order valence-electron chi connectivity index (χ0n) is 10.1. The van der Waals surface area contributed by atoms with E-state index in [1.807, 2.05) is 32.4 Å². The Bertz CT molecular complexity index is 485. The molecule has 1 aromatic heterocycles. The molecule has 0 saturated carbocycles. The van der Waals surface area contributed by atoms with Crippen LogP contribution in [0.15, 0.2) is 30.6 Å². The maximum atomic E-state index is 13.5. The van der Waals surface area contributed by atoms with E-state index in [0.29, 0.717) is 12.2 Å². The van der Waals surface area contributed by atoms with Crippen molar-refractivity contribution in [3.8, 4) is 0 Å². The number of rotatable bonds is 4. The van der Waals surface area contributed by atoms with E-state index in [9.17, 15) is 4.39 Å². The molecule has 0 fully saturated rings. The zero-order valence-corrected chi connectivity index (χ0v) is 10.1. The third kappa shape index (κ3) is 2.84. The average molecular weight is 233 g/mol. The van der Waals surface area contributed by atoms with Crippen LogP contribution in [0.5, 0.6) is 0 Å². The number of benzene rings is 1. The molecule has 2 rings (SSSR count). The third-order valence-electron chi connectivity index (χ3n) is 2.70. The first-order valence-corrected chi connectivity index (χ1v) is 5.63. The fourth-order valence-corrected chi connectivity index (χ4v) is 1.79. The van der Waals surface area contributed by atoms with Crippen molar-refractivity contribution in [1.82, 2.24) is 9.78 Å². The molecule has 1 aromatic carbocycles. The Morgan fingerprint density at radius 3 is 2.88 bits per heavy atom. The second-order valence-corrected chi connectivity index (χ2v) is 4.13. The summed E-state index contributed by atoms with van der Waals surface area (Å²) in [6, 6.07) is 5.09. The van der Waals surface area contributed by atoms with E-state index in [0.717, 1.165) is 17.5 Å². The van der Waals surface area contributed by atoms with E-state index in [1.165, 1.54) is 6.07 Å². The quantitative estimate of drug-likeness (QED) is 0.879. The SMILES string of the molecule is Cc1cccc(F)c1NCCc1cnn(C)c1. The standard InChI is InChI=1S/C13H16FN3/c1-10-4-3-5-12(14)13(10)15-7-6-11-8-16-17(2)9-11/h3-5,8-9,15H,6-7H2,1-2H3. The molecule has 0 aliphatic heterocycles. The van der Waals surface area contributed by atoms with Crippen molar-refractivity contribution in [2.75, 3.05) is 11.9 Å². The molecule has 17 heavy (non-hydrogen) atoms. The molecule has 0 radical (unpaired) electrons. The lowest BCUT2D eigenvalue weighted by molar-refractivity contribution is 0.629. The lowest BCUT2D eigenvalue weighted by Gasteiger charge is -2.09. The first-order valence-electron chi connectivity index (χ1n) is 5.63. The monoisotopic (exact) mass is 233 g/mol. The van der Waals surface area contributed by atoms with Gasteiger partial charge in [0.15, 0.2) is 0 Å². The van der Waals surface area contributed by atoms with Crippen LogP contribution in [0.1, 0.15) is 11.1 Å². The summed E-state index contributed by atoms with van der Waals surface area (Å²) in [4.78, 5) is 0. The Labute approximate surface area is 100 Å². The first kappa shape index (κ1) is 11.6. The van der Waals surface area contributed by atoms with Crippen molar-refractivity contribution in [2.24, 2.45) is 7.05 Å². The lowest BCUT2D eigenvalue weighted by atomic mass is 10.2. The average Bonchev–Trinajstić information content (AvgIpc) is 2.69. The van der Waals surface area contributed by atoms with Gasteiger partial charge in [0.2, 0.25) is 0 Å². The number of nitrogens with one attached hydrogen (secondary N) is 1. The Kier molecular flexibility index (Phi) is 3.42. The van der Waals surface area contributed by atoms with Crippen molar-refractivity contribution < 1.29 is 4.39 Å². The third-order valence-corrected chi connectivity index (χ3v) is 2.70. The van der Waals surface area contributed by atoms with Gasteiger partial charge in [0.25, 0.3) is 0 Å². The summed E-state index contributed by atoms with van der Waals surface area (Å²) < 4.78 is 15.3. The molecule has 0 aliphatic rings. The summed E-state index contributed by atoms with van der Waals surface area (Å²) in [5, 5.41) is 7.22. The van der Waals surface area contributed by atoms with E-state index < -0.39 is 0 Å².